The van der Waals surface area contributed by atoms with Gasteiger partial charge in [0.15, 0.2) is 0 Å². The zero-order valence-corrected chi connectivity index (χ0v) is 12.9. The van der Waals surface area contributed by atoms with Crippen molar-refractivity contribution >= 4 is 28.1 Å². The van der Waals surface area contributed by atoms with Gasteiger partial charge in [0, 0.05) is 37.3 Å². The Balaban J connectivity index is 1.90. The molecule has 1 saturated heterocycles. The van der Waals surface area contributed by atoms with Gasteiger partial charge in [0.25, 0.3) is 0 Å². The number of nitrogens with two attached hydrogens (primary N) is 1. The summed E-state index contributed by atoms with van der Waals surface area (Å²) in [6, 6.07) is 0. The van der Waals surface area contributed by atoms with Crippen molar-refractivity contribution in [3.05, 3.63) is 11.1 Å². The second-order valence-electron chi connectivity index (χ2n) is 4.98. The minimum absolute atomic E-state index is 0.394. The Morgan fingerprint density at radius 1 is 1.45 bits per heavy atom. The lowest BCUT2D eigenvalue weighted by Gasteiger charge is -2.34. The molecule has 1 aromatic rings. The van der Waals surface area contributed by atoms with E-state index in [0.717, 1.165) is 32.6 Å². The van der Waals surface area contributed by atoms with Gasteiger partial charge in [-0.15, -0.1) is 0 Å². The van der Waals surface area contributed by atoms with Crippen LogP contribution in [-0.4, -0.2) is 59.7 Å². The van der Waals surface area contributed by atoms with Gasteiger partial charge in [-0.3, -0.25) is 5.41 Å². The number of rotatable bonds is 4. The highest BCUT2D eigenvalue weighted by molar-refractivity contribution is 7.15. The van der Waals surface area contributed by atoms with Crippen molar-refractivity contribution in [2.24, 2.45) is 10.7 Å². The Hall–Kier alpha value is -1.47. The highest BCUT2D eigenvalue weighted by atomic mass is 32.1. The van der Waals surface area contributed by atoms with Gasteiger partial charge in [0.1, 0.15) is 11.7 Å². The Kier molecular flexibility index (Phi) is 5.08. The average molecular weight is 294 g/mol. The predicted molar refractivity (Wildman–Crippen MR) is 84.2 cm³/mol. The fraction of sp³-hybridized carbons (Fsp3) is 0.615. The molecule has 1 aliphatic heterocycles. The maximum absolute atomic E-state index is 8.12. The summed E-state index contributed by atoms with van der Waals surface area (Å²) in [5.41, 5.74) is 5.93. The van der Waals surface area contributed by atoms with E-state index in [2.05, 4.69) is 33.7 Å². The number of hydrogen-bond donors (Lipinski definition) is 2. The summed E-state index contributed by atoms with van der Waals surface area (Å²) in [7, 11) is 2.10. The topological polar surface area (TPSA) is 81.6 Å². The third-order valence-electron chi connectivity index (χ3n) is 3.36. The molecule has 0 unspecified atom stereocenters. The van der Waals surface area contributed by atoms with Crippen LogP contribution >= 0.6 is 11.3 Å². The van der Waals surface area contributed by atoms with Gasteiger partial charge in [0.05, 0.1) is 6.42 Å². The van der Waals surface area contributed by atoms with Crippen LogP contribution < -0.4 is 5.73 Å². The van der Waals surface area contributed by atoms with Gasteiger partial charge in [0.2, 0.25) is 5.13 Å². The lowest BCUT2D eigenvalue weighted by atomic mass is 10.2. The number of thiazole rings is 1. The zero-order chi connectivity index (χ0) is 14.5. The first-order valence-electron chi connectivity index (χ1n) is 6.87. The quantitative estimate of drug-likeness (QED) is 0.648. The second-order valence-corrected chi connectivity index (χ2v) is 6.07. The molecule has 20 heavy (non-hydrogen) atoms. The summed E-state index contributed by atoms with van der Waals surface area (Å²) < 4.78 is 0. The molecule has 1 aromatic heterocycles. The van der Waals surface area contributed by atoms with Crippen molar-refractivity contribution in [2.45, 2.75) is 19.8 Å². The van der Waals surface area contributed by atoms with Crippen molar-refractivity contribution in [1.29, 1.82) is 5.41 Å². The zero-order valence-electron chi connectivity index (χ0n) is 12.1. The lowest BCUT2D eigenvalue weighted by molar-refractivity contribution is 0.213. The van der Waals surface area contributed by atoms with Crippen LogP contribution in [0.1, 0.15) is 18.2 Å². The third kappa shape index (κ3) is 4.01. The fourth-order valence-electron chi connectivity index (χ4n) is 2.03. The number of aliphatic imine (C=N–C) groups is 1. The summed E-state index contributed by atoms with van der Waals surface area (Å²) in [4.78, 5) is 14.1. The van der Waals surface area contributed by atoms with Crippen molar-refractivity contribution in [3.63, 3.8) is 0 Å². The molecule has 7 heteroatoms. The maximum Gasteiger partial charge on any atom is 0.210 e. The number of nitrogens with zero attached hydrogens (tertiary/aromatic N) is 4. The number of nitrogens with one attached hydrogen (secondary N) is 1. The third-order valence-corrected chi connectivity index (χ3v) is 4.40. The van der Waals surface area contributed by atoms with E-state index in [1.54, 1.807) is 11.3 Å². The molecular weight excluding hydrogens is 272 g/mol. The molecule has 6 nitrogen and oxygen atoms in total. The Morgan fingerprint density at radius 3 is 2.75 bits per heavy atom. The maximum atomic E-state index is 8.12. The SMILES string of the molecule is CCc1cnc(N=C(N)CC(=N)N2CCN(C)CC2)s1. The van der Waals surface area contributed by atoms with E-state index in [1.165, 1.54) is 4.88 Å². The van der Waals surface area contributed by atoms with Crippen molar-refractivity contribution in [3.8, 4) is 0 Å². The Morgan fingerprint density at radius 2 is 2.15 bits per heavy atom. The first-order chi connectivity index (χ1) is 9.58. The van der Waals surface area contributed by atoms with E-state index >= 15 is 0 Å². The van der Waals surface area contributed by atoms with Crippen LogP contribution in [0.3, 0.4) is 0 Å². The second kappa shape index (κ2) is 6.81. The first kappa shape index (κ1) is 14.9. The molecule has 3 N–H and O–H groups in total. The van der Waals surface area contributed by atoms with Crippen LogP contribution in [0.25, 0.3) is 0 Å². The highest BCUT2D eigenvalue weighted by Crippen LogP contribution is 2.21. The predicted octanol–water partition coefficient (Wildman–Crippen LogP) is 1.31. The minimum atomic E-state index is 0.394. The van der Waals surface area contributed by atoms with Crippen LogP contribution in [0.2, 0.25) is 0 Å². The molecule has 0 atom stereocenters. The van der Waals surface area contributed by atoms with E-state index in [9.17, 15) is 0 Å². The molecule has 1 fully saturated rings. The molecule has 110 valence electrons. The molecule has 0 aromatic carbocycles. The molecule has 0 amide bonds. The van der Waals surface area contributed by atoms with Crippen LogP contribution in [0.5, 0.6) is 0 Å². The summed E-state index contributed by atoms with van der Waals surface area (Å²) >= 11 is 1.55. The molecule has 0 bridgehead atoms. The van der Waals surface area contributed by atoms with E-state index < -0.39 is 0 Å². The smallest absolute Gasteiger partial charge is 0.210 e. The van der Waals surface area contributed by atoms with E-state index in [-0.39, 0.29) is 0 Å². The summed E-state index contributed by atoms with van der Waals surface area (Å²) in [6.45, 7) is 5.85. The molecule has 0 saturated carbocycles. The largest absolute Gasteiger partial charge is 0.387 e. The number of aromatic nitrogens is 1. The number of likely N-dealkylation sites (N-methyl/N-ethyl adjacent to an activating group) is 1. The molecular formula is C13H22N6S. The fourth-order valence-corrected chi connectivity index (χ4v) is 2.79. The Bertz CT molecular complexity index is 487. The van der Waals surface area contributed by atoms with Gasteiger partial charge >= 0.3 is 0 Å². The van der Waals surface area contributed by atoms with Crippen molar-refractivity contribution in [1.82, 2.24) is 14.8 Å². The number of aryl methyl sites for hydroxylation is 1. The van der Waals surface area contributed by atoms with Crippen LogP contribution in [0.4, 0.5) is 5.13 Å². The van der Waals surface area contributed by atoms with Gasteiger partial charge in [-0.2, -0.15) is 0 Å². The van der Waals surface area contributed by atoms with Crippen molar-refractivity contribution < 1.29 is 0 Å². The summed E-state index contributed by atoms with van der Waals surface area (Å²) in [5, 5.41) is 8.80. The standard InChI is InChI=1S/C13H22N6S/c1-3-10-9-16-13(20-10)17-11(14)8-12(15)19-6-4-18(2)5-7-19/h9,15H,3-8H2,1-2H3,(H2,14,16,17). The van der Waals surface area contributed by atoms with Crippen molar-refractivity contribution in [2.75, 3.05) is 33.2 Å². The summed E-state index contributed by atoms with van der Waals surface area (Å²) in [6.07, 6.45) is 3.19. The van der Waals surface area contributed by atoms with Crippen LogP contribution in [0, 0.1) is 5.41 Å². The lowest BCUT2D eigenvalue weighted by Crippen LogP contribution is -2.47. The number of piperazine rings is 1. The summed E-state index contributed by atoms with van der Waals surface area (Å²) in [5.74, 6) is 1.01. The molecule has 0 spiro atoms. The first-order valence-corrected chi connectivity index (χ1v) is 7.68. The molecule has 2 heterocycles. The van der Waals surface area contributed by atoms with E-state index in [0.29, 0.717) is 23.2 Å². The molecule has 0 aliphatic carbocycles. The molecule has 0 radical (unpaired) electrons. The number of amidine groups is 2. The highest BCUT2D eigenvalue weighted by Gasteiger charge is 2.17. The normalized spacial score (nSPS) is 17.5. The average Bonchev–Trinajstić information content (AvgIpc) is 2.86. The van der Waals surface area contributed by atoms with Gasteiger partial charge in [-0.05, 0) is 13.5 Å². The minimum Gasteiger partial charge on any atom is -0.387 e. The molecule has 2 rings (SSSR count). The number of hydrogen-bond acceptors (Lipinski definition) is 5. The van der Waals surface area contributed by atoms with Crippen LogP contribution in [0.15, 0.2) is 11.2 Å². The van der Waals surface area contributed by atoms with Gasteiger partial charge in [-0.25, -0.2) is 9.98 Å². The molecule has 1 aliphatic rings. The van der Waals surface area contributed by atoms with E-state index in [4.69, 9.17) is 11.1 Å². The van der Waals surface area contributed by atoms with E-state index in [1.807, 2.05) is 6.20 Å². The van der Waals surface area contributed by atoms with Crippen LogP contribution in [-0.2, 0) is 6.42 Å². The Labute approximate surface area is 123 Å². The van der Waals surface area contributed by atoms with Gasteiger partial charge < -0.3 is 15.5 Å². The monoisotopic (exact) mass is 294 g/mol. The van der Waals surface area contributed by atoms with Gasteiger partial charge in [-0.1, -0.05) is 18.3 Å².